The fourth-order valence-electron chi connectivity index (χ4n) is 2.15. The summed E-state index contributed by atoms with van der Waals surface area (Å²) in [5, 5.41) is 2.63. The molecule has 7 heteroatoms. The van der Waals surface area contributed by atoms with Crippen molar-refractivity contribution in [1.82, 2.24) is 4.31 Å². The molecule has 0 fully saturated rings. The van der Waals surface area contributed by atoms with Gasteiger partial charge in [-0.25, -0.2) is 17.1 Å². The second-order valence-corrected chi connectivity index (χ2v) is 6.30. The third-order valence-electron chi connectivity index (χ3n) is 3.20. The number of nitrogens with one attached hydrogen (secondary N) is 1. The first kappa shape index (κ1) is 13.6. The topological polar surface area (TPSA) is 66.5 Å². The number of amides is 1. The van der Waals surface area contributed by atoms with Crippen molar-refractivity contribution in [2.75, 3.05) is 12.0 Å². The predicted molar refractivity (Wildman–Crippen MR) is 74.7 cm³/mol. The Morgan fingerprint density at radius 1 is 1.05 bits per heavy atom. The summed E-state index contributed by atoms with van der Waals surface area (Å²) < 4.78 is 38.7. The highest BCUT2D eigenvalue weighted by Crippen LogP contribution is 2.29. The van der Waals surface area contributed by atoms with Crippen LogP contribution in [0.15, 0.2) is 53.4 Å². The number of carbonyl (C=O) groups excluding carboxylic acids is 1. The van der Waals surface area contributed by atoms with Gasteiger partial charge in [-0.1, -0.05) is 24.3 Å². The monoisotopic (exact) mass is 306 g/mol. The van der Waals surface area contributed by atoms with E-state index in [9.17, 15) is 17.6 Å². The van der Waals surface area contributed by atoms with Crippen LogP contribution in [0.4, 0.5) is 10.1 Å². The summed E-state index contributed by atoms with van der Waals surface area (Å²) in [6.07, 6.45) is 0. The van der Waals surface area contributed by atoms with E-state index in [-0.39, 0.29) is 22.8 Å². The predicted octanol–water partition coefficient (Wildman–Crippen LogP) is 2.04. The molecule has 0 aromatic heterocycles. The Labute approximate surface area is 121 Å². The first-order valence-electron chi connectivity index (χ1n) is 6.16. The molecule has 2 aromatic rings. The van der Waals surface area contributed by atoms with Gasteiger partial charge in [0.25, 0.3) is 15.9 Å². The van der Waals surface area contributed by atoms with E-state index in [1.807, 2.05) is 0 Å². The van der Waals surface area contributed by atoms with Crippen LogP contribution < -0.4 is 5.32 Å². The summed E-state index contributed by atoms with van der Waals surface area (Å²) >= 11 is 0. The number of carbonyl (C=O) groups is 1. The van der Waals surface area contributed by atoms with Crippen LogP contribution in [0.5, 0.6) is 0 Å². The number of fused-ring (bicyclic) bond motifs is 1. The van der Waals surface area contributed by atoms with Crippen LogP contribution in [-0.4, -0.2) is 25.3 Å². The number of para-hydroxylation sites is 1. The van der Waals surface area contributed by atoms with Crippen LogP contribution in [0.25, 0.3) is 0 Å². The maximum Gasteiger partial charge on any atom is 0.270 e. The Balaban J connectivity index is 1.88. The Hall–Kier alpha value is -2.41. The van der Waals surface area contributed by atoms with Crippen LogP contribution in [-0.2, 0) is 10.0 Å². The zero-order valence-electron chi connectivity index (χ0n) is 10.8. The van der Waals surface area contributed by atoms with Crippen molar-refractivity contribution in [2.45, 2.75) is 4.90 Å². The molecule has 0 radical (unpaired) electrons. The van der Waals surface area contributed by atoms with Crippen LogP contribution >= 0.6 is 0 Å². The summed E-state index contributed by atoms with van der Waals surface area (Å²) in [5.41, 5.74) is 0.268. The molecular weight excluding hydrogens is 295 g/mol. The highest BCUT2D eigenvalue weighted by Gasteiger charge is 2.40. The van der Waals surface area contributed by atoms with Gasteiger partial charge in [0.15, 0.2) is 0 Å². The molecular formula is C14H11FN2O3S. The van der Waals surface area contributed by atoms with E-state index in [4.69, 9.17) is 0 Å². The van der Waals surface area contributed by atoms with Gasteiger partial charge in [-0.3, -0.25) is 4.79 Å². The second kappa shape index (κ2) is 4.85. The van der Waals surface area contributed by atoms with E-state index >= 15 is 0 Å². The molecule has 0 spiro atoms. The zero-order chi connectivity index (χ0) is 15.0. The van der Waals surface area contributed by atoms with E-state index in [1.54, 1.807) is 18.2 Å². The smallest absolute Gasteiger partial charge is 0.270 e. The van der Waals surface area contributed by atoms with Crippen LogP contribution in [0.1, 0.15) is 10.4 Å². The van der Waals surface area contributed by atoms with Gasteiger partial charge in [0.05, 0.1) is 11.3 Å². The lowest BCUT2D eigenvalue weighted by molar-refractivity contribution is 0.0877. The molecule has 0 bridgehead atoms. The molecule has 1 heterocycles. The average molecular weight is 306 g/mol. The molecule has 0 unspecified atom stereocenters. The summed E-state index contributed by atoms with van der Waals surface area (Å²) in [6.45, 7) is -0.323. The van der Waals surface area contributed by atoms with Gasteiger partial charge >= 0.3 is 0 Å². The first-order chi connectivity index (χ1) is 10.0. The fraction of sp³-hybridized carbons (Fsp3) is 0.0714. The van der Waals surface area contributed by atoms with Crippen molar-refractivity contribution in [2.24, 2.45) is 0 Å². The number of anilines is 1. The van der Waals surface area contributed by atoms with Crippen molar-refractivity contribution in [3.05, 3.63) is 59.9 Å². The summed E-state index contributed by atoms with van der Waals surface area (Å²) in [7, 11) is -3.88. The minimum Gasteiger partial charge on any atom is -0.364 e. The molecule has 1 N–H and O–H groups in total. The third kappa shape index (κ3) is 2.15. The number of hydrogen-bond acceptors (Lipinski definition) is 4. The number of nitrogens with zero attached hydrogens (tertiary/aromatic N) is 1. The molecule has 21 heavy (non-hydrogen) atoms. The van der Waals surface area contributed by atoms with Gasteiger partial charge in [0.1, 0.15) is 17.4 Å². The lowest BCUT2D eigenvalue weighted by Crippen LogP contribution is -2.34. The third-order valence-corrected chi connectivity index (χ3v) is 4.99. The van der Waals surface area contributed by atoms with E-state index in [1.165, 1.54) is 30.3 Å². The van der Waals surface area contributed by atoms with Gasteiger partial charge in [-0.15, -0.1) is 0 Å². The summed E-state index contributed by atoms with van der Waals surface area (Å²) in [6, 6.07) is 11.8. The molecule has 1 aliphatic rings. The van der Waals surface area contributed by atoms with Gasteiger partial charge in [0.2, 0.25) is 0 Å². The average Bonchev–Trinajstić information content (AvgIpc) is 2.67. The number of rotatable bonds is 3. The maximum atomic E-state index is 13.5. The standard InChI is InChI=1S/C14H11FN2O3S/c15-11-6-2-3-7-12(11)16-9-17-14(18)10-5-1-4-8-13(10)21(17,19)20/h1-8,16H,9H2. The number of benzene rings is 2. The van der Waals surface area contributed by atoms with Gasteiger partial charge in [-0.2, -0.15) is 0 Å². The summed E-state index contributed by atoms with van der Waals surface area (Å²) in [4.78, 5) is 12.1. The zero-order valence-corrected chi connectivity index (χ0v) is 11.6. The van der Waals surface area contributed by atoms with E-state index < -0.39 is 21.7 Å². The lowest BCUT2D eigenvalue weighted by Gasteiger charge is -2.16. The van der Waals surface area contributed by atoms with Crippen molar-refractivity contribution in [3.63, 3.8) is 0 Å². The second-order valence-electron chi connectivity index (χ2n) is 4.47. The Bertz CT molecular complexity index is 820. The molecule has 5 nitrogen and oxygen atoms in total. The summed E-state index contributed by atoms with van der Waals surface area (Å²) in [5.74, 6) is -1.13. The quantitative estimate of drug-likeness (QED) is 0.942. The number of halogens is 1. The fourth-order valence-corrected chi connectivity index (χ4v) is 3.62. The first-order valence-corrected chi connectivity index (χ1v) is 7.60. The van der Waals surface area contributed by atoms with Crippen LogP contribution in [0.2, 0.25) is 0 Å². The van der Waals surface area contributed by atoms with Crippen molar-refractivity contribution < 1.29 is 17.6 Å². The van der Waals surface area contributed by atoms with Crippen molar-refractivity contribution in [1.29, 1.82) is 0 Å². The molecule has 2 aromatic carbocycles. The molecule has 3 rings (SSSR count). The van der Waals surface area contributed by atoms with Crippen LogP contribution in [0, 0.1) is 5.82 Å². The highest BCUT2D eigenvalue weighted by atomic mass is 32.2. The Morgan fingerprint density at radius 3 is 2.43 bits per heavy atom. The maximum absolute atomic E-state index is 13.5. The molecule has 1 aliphatic heterocycles. The van der Waals surface area contributed by atoms with Crippen LogP contribution in [0.3, 0.4) is 0 Å². The van der Waals surface area contributed by atoms with E-state index in [0.29, 0.717) is 4.31 Å². The largest absolute Gasteiger partial charge is 0.364 e. The SMILES string of the molecule is O=C1c2ccccc2S(=O)(=O)N1CNc1ccccc1F. The molecule has 108 valence electrons. The Kier molecular flexibility index (Phi) is 3.13. The van der Waals surface area contributed by atoms with Gasteiger partial charge < -0.3 is 5.32 Å². The lowest BCUT2D eigenvalue weighted by atomic mass is 10.2. The molecule has 0 saturated carbocycles. The van der Waals surface area contributed by atoms with Gasteiger partial charge in [-0.05, 0) is 24.3 Å². The van der Waals surface area contributed by atoms with E-state index in [0.717, 1.165) is 0 Å². The minimum absolute atomic E-state index is 0.0228. The van der Waals surface area contributed by atoms with Crippen molar-refractivity contribution in [3.8, 4) is 0 Å². The molecule has 0 aliphatic carbocycles. The molecule has 0 atom stereocenters. The minimum atomic E-state index is -3.88. The normalized spacial score (nSPS) is 15.9. The number of hydrogen-bond donors (Lipinski definition) is 1. The highest BCUT2D eigenvalue weighted by molar-refractivity contribution is 7.90. The van der Waals surface area contributed by atoms with E-state index in [2.05, 4.69) is 5.32 Å². The van der Waals surface area contributed by atoms with Gasteiger partial charge in [0, 0.05) is 0 Å². The number of sulfonamides is 1. The Morgan fingerprint density at radius 2 is 1.71 bits per heavy atom. The molecule has 0 saturated heterocycles. The van der Waals surface area contributed by atoms with Crippen molar-refractivity contribution >= 4 is 21.6 Å². The molecule has 1 amide bonds.